The Morgan fingerprint density at radius 3 is 2.01 bits per heavy atom. The van der Waals surface area contributed by atoms with E-state index in [1.54, 1.807) is 50.2 Å². The summed E-state index contributed by atoms with van der Waals surface area (Å²) < 4.78 is 12.7. The number of ketones is 1. The fourth-order valence-electron chi connectivity index (χ4n) is 9.10. The summed E-state index contributed by atoms with van der Waals surface area (Å²) >= 11 is 0. The predicted octanol–water partition coefficient (Wildman–Crippen LogP) is 5.99. The molecule has 356 valence electrons. The summed E-state index contributed by atoms with van der Waals surface area (Å²) in [6.07, 6.45) is 2.99. The van der Waals surface area contributed by atoms with Gasteiger partial charge in [0, 0.05) is 25.1 Å². The van der Waals surface area contributed by atoms with Gasteiger partial charge in [-0.3, -0.25) is 28.8 Å². The van der Waals surface area contributed by atoms with Gasteiger partial charge in [-0.25, -0.2) is 0 Å². The molecule has 5 amide bonds. The molecule has 0 unspecified atom stereocenters. The highest BCUT2D eigenvalue weighted by molar-refractivity contribution is 6.99. The highest BCUT2D eigenvalue weighted by Gasteiger charge is 2.51. The highest BCUT2D eigenvalue weighted by atomic mass is 28.4. The van der Waals surface area contributed by atoms with Gasteiger partial charge in [-0.1, -0.05) is 132 Å². The Bertz CT molecular complexity index is 2290. The molecule has 0 bridgehead atoms. The third-order valence-electron chi connectivity index (χ3n) is 13.1. The van der Waals surface area contributed by atoms with Crippen molar-refractivity contribution in [1.29, 1.82) is 0 Å². The van der Waals surface area contributed by atoms with Gasteiger partial charge in [-0.05, 0) is 91.2 Å². The van der Waals surface area contributed by atoms with Crippen molar-refractivity contribution in [3.05, 3.63) is 121 Å². The maximum atomic E-state index is 14.3. The Hall–Kier alpha value is -6.12. The van der Waals surface area contributed by atoms with Gasteiger partial charge < -0.3 is 35.3 Å². The molecule has 14 heteroatoms. The molecular formula is C53H67N5O8Si. The van der Waals surface area contributed by atoms with Gasteiger partial charge in [-0.2, -0.15) is 0 Å². The monoisotopic (exact) mass is 929 g/mol. The second-order valence-electron chi connectivity index (χ2n) is 19.0. The van der Waals surface area contributed by atoms with Crippen molar-refractivity contribution in [1.82, 2.24) is 20.9 Å². The lowest BCUT2D eigenvalue weighted by Crippen LogP contribution is -2.68. The number of benzene rings is 4. The molecule has 0 aromatic heterocycles. The quantitative estimate of drug-likeness (QED) is 0.0697. The number of carbonyl (C=O) groups excluding carboxylic acids is 6. The number of nitrogens with one attached hydrogen (secondary N) is 4. The summed E-state index contributed by atoms with van der Waals surface area (Å²) in [5, 5.41) is 13.5. The van der Waals surface area contributed by atoms with E-state index in [1.165, 1.54) is 4.90 Å². The molecule has 0 aliphatic carbocycles. The largest absolute Gasteiger partial charge is 0.484 e. The van der Waals surface area contributed by atoms with E-state index in [4.69, 9.17) is 9.16 Å². The first-order valence-corrected chi connectivity index (χ1v) is 25.6. The zero-order valence-electron chi connectivity index (χ0n) is 39.8. The Morgan fingerprint density at radius 2 is 1.42 bits per heavy atom. The number of carbonyl (C=O) groups is 6. The molecule has 2 saturated heterocycles. The lowest BCUT2D eigenvalue weighted by molar-refractivity contribution is -0.144. The van der Waals surface area contributed by atoms with E-state index in [1.807, 2.05) is 61.5 Å². The SMILES string of the molecule is CC[C@]1(C)NC(=O)[C@H](CCCCCC(=O)[C@@H](C)O[Si](c2ccccc2)(c2ccccc2)C(C)(C)C)NC(=O)[C@H]2CCCN2C(=O)[C@H](Cc2ccc(OCC(=O)Nc3ccccc3)cc2)NC1=O. The van der Waals surface area contributed by atoms with Crippen LogP contribution in [0.2, 0.25) is 5.04 Å². The van der Waals surface area contributed by atoms with Crippen LogP contribution in [0.15, 0.2) is 115 Å². The summed E-state index contributed by atoms with van der Waals surface area (Å²) in [4.78, 5) is 84.2. The molecule has 0 radical (unpaired) electrons. The Balaban J connectivity index is 1.07. The number of fused-ring (bicyclic) bond motifs is 1. The molecule has 4 aromatic rings. The molecule has 6 rings (SSSR count). The van der Waals surface area contributed by atoms with Crippen LogP contribution < -0.4 is 36.4 Å². The highest BCUT2D eigenvalue weighted by Crippen LogP contribution is 2.38. The van der Waals surface area contributed by atoms with Crippen molar-refractivity contribution in [3.8, 4) is 5.75 Å². The molecule has 13 nitrogen and oxygen atoms in total. The smallest absolute Gasteiger partial charge is 0.262 e. The van der Waals surface area contributed by atoms with Crippen molar-refractivity contribution in [3.63, 3.8) is 0 Å². The number of anilines is 1. The summed E-state index contributed by atoms with van der Waals surface area (Å²) in [6.45, 7) is 11.9. The fraction of sp³-hybridized carbons (Fsp3) is 0.434. The first-order valence-electron chi connectivity index (χ1n) is 23.7. The summed E-state index contributed by atoms with van der Waals surface area (Å²) in [7, 11) is -2.93. The number of unbranched alkanes of at least 4 members (excludes halogenated alkanes) is 2. The number of Topliss-reactive ketones (excluding diaryl/α,β-unsaturated/α-hetero) is 1. The summed E-state index contributed by atoms with van der Waals surface area (Å²) in [6, 6.07) is 33.6. The maximum absolute atomic E-state index is 14.3. The second-order valence-corrected chi connectivity index (χ2v) is 23.2. The van der Waals surface area contributed by atoms with E-state index in [0.29, 0.717) is 56.5 Å². The van der Waals surface area contributed by atoms with Gasteiger partial charge in [0.05, 0.1) is 0 Å². The van der Waals surface area contributed by atoms with Crippen LogP contribution in [0.4, 0.5) is 5.69 Å². The van der Waals surface area contributed by atoms with Gasteiger partial charge in [0.25, 0.3) is 14.2 Å². The minimum absolute atomic E-state index is 0.00528. The van der Waals surface area contributed by atoms with Crippen LogP contribution in [0.3, 0.4) is 0 Å². The molecule has 67 heavy (non-hydrogen) atoms. The first kappa shape index (κ1) is 50.3. The maximum Gasteiger partial charge on any atom is 0.262 e. The van der Waals surface area contributed by atoms with Crippen LogP contribution >= 0.6 is 0 Å². The van der Waals surface area contributed by atoms with Crippen LogP contribution in [0.25, 0.3) is 0 Å². The fourth-order valence-corrected chi connectivity index (χ4v) is 13.8. The Labute approximate surface area is 396 Å². The lowest BCUT2D eigenvalue weighted by Gasteiger charge is -2.44. The van der Waals surface area contributed by atoms with Crippen molar-refractivity contribution < 1.29 is 37.9 Å². The van der Waals surface area contributed by atoms with Crippen LogP contribution in [0, 0.1) is 0 Å². The van der Waals surface area contributed by atoms with Crippen LogP contribution in [-0.4, -0.2) is 91.5 Å². The lowest BCUT2D eigenvalue weighted by atomic mass is 9.94. The number of ether oxygens (including phenoxy) is 1. The number of nitrogens with zero attached hydrogens (tertiary/aromatic N) is 1. The molecule has 5 atom stereocenters. The zero-order valence-corrected chi connectivity index (χ0v) is 40.8. The van der Waals surface area contributed by atoms with Crippen LogP contribution in [0.5, 0.6) is 5.75 Å². The van der Waals surface area contributed by atoms with Crippen molar-refractivity contribution in [2.45, 2.75) is 134 Å². The first-order chi connectivity index (χ1) is 32.0. The van der Waals surface area contributed by atoms with Crippen molar-refractivity contribution >= 4 is 59.7 Å². The molecule has 0 saturated carbocycles. The van der Waals surface area contributed by atoms with Crippen molar-refractivity contribution in [2.75, 3.05) is 18.5 Å². The Morgan fingerprint density at radius 1 is 0.806 bits per heavy atom. The molecule has 2 heterocycles. The average molecular weight is 930 g/mol. The van der Waals surface area contributed by atoms with Crippen LogP contribution in [-0.2, 0) is 39.6 Å². The molecule has 2 fully saturated rings. The minimum Gasteiger partial charge on any atom is -0.484 e. The topological polar surface area (TPSA) is 172 Å². The number of rotatable bonds is 18. The number of amides is 5. The minimum atomic E-state index is -2.93. The van der Waals surface area contributed by atoms with Gasteiger partial charge >= 0.3 is 0 Å². The molecule has 2 aliphatic rings. The van der Waals surface area contributed by atoms with E-state index in [9.17, 15) is 28.8 Å². The molecule has 4 aromatic carbocycles. The predicted molar refractivity (Wildman–Crippen MR) is 262 cm³/mol. The van der Waals surface area contributed by atoms with E-state index >= 15 is 0 Å². The summed E-state index contributed by atoms with van der Waals surface area (Å²) in [5.74, 6) is -1.66. The molecule has 2 aliphatic heterocycles. The third kappa shape index (κ3) is 12.5. The van der Waals surface area contributed by atoms with Crippen molar-refractivity contribution in [2.24, 2.45) is 0 Å². The number of hydrogen-bond acceptors (Lipinski definition) is 8. The van der Waals surface area contributed by atoms with Gasteiger partial charge in [0.1, 0.15) is 35.5 Å². The van der Waals surface area contributed by atoms with E-state index in [2.05, 4.69) is 66.3 Å². The van der Waals surface area contributed by atoms with Gasteiger partial charge in [0.15, 0.2) is 12.4 Å². The Kier molecular flexibility index (Phi) is 16.9. The molecular weight excluding hydrogens is 863 g/mol. The standard InChI is InChI=1S/C53H67N5O8Si/c1-7-53(6)51(64)56-44(35-38-30-32-40(33-31-38)65-36-47(60)54-39-21-12-8-13-22-39)50(63)58-34-20-28-45(58)49(62)55-43(48(61)57-53)27-18-11-19-29-46(59)37(2)66-67(52(3,4)5,41-23-14-9-15-24-41)42-25-16-10-17-26-42/h8-10,12-17,21-26,30-33,37,43-45H,7,11,18-20,27-29,34-36H2,1-6H3,(H,54,60)(H,55,62)(H,56,64)(H,57,61)/t37-,43+,44+,45-,53+/m1/s1. The number of para-hydroxylation sites is 1. The third-order valence-corrected chi connectivity index (χ3v) is 18.2. The molecule has 4 N–H and O–H groups in total. The zero-order chi connectivity index (χ0) is 48.2. The normalized spacial score (nSPS) is 20.9. The van der Waals surface area contributed by atoms with E-state index < -0.39 is 55.8 Å². The molecule has 0 spiro atoms. The van der Waals surface area contributed by atoms with E-state index in [0.717, 1.165) is 15.9 Å². The average Bonchev–Trinajstić information content (AvgIpc) is 3.82. The van der Waals surface area contributed by atoms with Gasteiger partial charge in [-0.15, -0.1) is 0 Å². The van der Waals surface area contributed by atoms with Gasteiger partial charge in [0.2, 0.25) is 23.6 Å². The summed E-state index contributed by atoms with van der Waals surface area (Å²) in [5.41, 5.74) is -0.0152. The number of hydrogen-bond donors (Lipinski definition) is 4. The van der Waals surface area contributed by atoms with Crippen LogP contribution in [0.1, 0.15) is 98.5 Å². The van der Waals surface area contributed by atoms with E-state index in [-0.39, 0.29) is 48.5 Å². The second kappa shape index (κ2) is 22.6.